The molecule has 23 heteroatoms. The van der Waals surface area contributed by atoms with E-state index in [-0.39, 0.29) is 83.0 Å². The van der Waals surface area contributed by atoms with Crippen LogP contribution in [0.2, 0.25) is 0 Å². The summed E-state index contributed by atoms with van der Waals surface area (Å²) in [5.74, 6) is 0. The van der Waals surface area contributed by atoms with E-state index in [9.17, 15) is 47.6 Å². The molecule has 0 aromatic heterocycles. The van der Waals surface area contributed by atoms with Crippen molar-refractivity contribution < 1.29 is 150 Å². The minimum atomic E-state index is -5.61. The van der Waals surface area contributed by atoms with E-state index in [1.54, 1.807) is 0 Å². The Hall–Kier alpha value is 3.91. The molecule has 0 saturated heterocycles. The molecule has 0 aromatic carbocycles. The molecule has 0 radical (unpaired) electrons. The van der Waals surface area contributed by atoms with Crippen LogP contribution in [0.1, 0.15) is 0 Å². The summed E-state index contributed by atoms with van der Waals surface area (Å²) in [6, 6.07) is -1.73. The summed E-state index contributed by atoms with van der Waals surface area (Å²) in [6.45, 7) is 0. The quantitative estimate of drug-likeness (QED) is 0.133. The van der Waals surface area contributed by atoms with Gasteiger partial charge in [0.1, 0.15) is 23.3 Å². The summed E-state index contributed by atoms with van der Waals surface area (Å²) >= 11 is 9.56. The maximum absolute atomic E-state index is 10.5. The van der Waals surface area contributed by atoms with Gasteiger partial charge < -0.3 is 66.9 Å². The van der Waals surface area contributed by atoms with Gasteiger partial charge in [0, 0.05) is 0 Å². The molecule has 4 unspecified atom stereocenters. The Kier molecular flexibility index (Phi) is 26.5. The van der Waals surface area contributed by atoms with Crippen molar-refractivity contribution >= 4 is 53.6 Å². The predicted molar refractivity (Wildman–Crippen MR) is 66.0 cm³/mol. The third-order valence-electron chi connectivity index (χ3n) is 1.59. The van der Waals surface area contributed by atoms with Gasteiger partial charge in [0.2, 0.25) is 0 Å². The molecular weight excluding hydrogens is 1070 g/mol. The zero-order valence-electron chi connectivity index (χ0n) is 13.0. The Labute approximate surface area is 224 Å². The molecule has 0 aliphatic carbocycles. The first kappa shape index (κ1) is 41.2. The topological polar surface area (TPSA) is 266 Å². The molecule has 0 rings (SSSR count). The largest absolute Gasteiger partial charge is 2.00 e. The monoisotopic (exact) mass is 1080 g/mol. The first-order valence-corrected chi connectivity index (χ1v) is 12.4. The van der Waals surface area contributed by atoms with Crippen LogP contribution in [-0.2, 0) is 110 Å². The van der Waals surface area contributed by atoms with Gasteiger partial charge in [-0.25, -0.2) is 0 Å². The van der Waals surface area contributed by atoms with Gasteiger partial charge in [0.05, 0.1) is 0 Å². The number of rotatable bonds is 8. The van der Waals surface area contributed by atoms with Crippen LogP contribution >= 0.6 is 53.6 Å². The van der Waals surface area contributed by atoms with Gasteiger partial charge in [-0.15, -0.1) is 0 Å². The van der Waals surface area contributed by atoms with Crippen molar-refractivity contribution in [3.05, 3.63) is 0 Å². The molecule has 0 amide bonds. The van der Waals surface area contributed by atoms with Crippen LogP contribution < -0.4 is 29.4 Å². The first-order chi connectivity index (χ1) is 10.4. The first-order valence-electron chi connectivity index (χ1n) is 4.85. The SMILES string of the molecule is O=P([O-])([O-])C(O)P(=O)([O-])OCCl.O=P([O-])([O-])C(O)P(=O)([O-])OCCl.[Hg+2].[Hg+2].[Hg+2]. The van der Waals surface area contributed by atoms with Gasteiger partial charge in [-0.1, -0.05) is 23.2 Å². The van der Waals surface area contributed by atoms with E-state index in [1.165, 1.54) is 0 Å². The molecule has 0 aliphatic heterocycles. The van der Waals surface area contributed by atoms with Crippen molar-refractivity contribution in [1.82, 2.24) is 0 Å². The van der Waals surface area contributed by atoms with Crippen molar-refractivity contribution in [2.45, 2.75) is 11.2 Å². The van der Waals surface area contributed by atoms with Gasteiger partial charge in [-0.05, 0) is 15.2 Å². The Morgan fingerprint density at radius 2 is 0.852 bits per heavy atom. The van der Waals surface area contributed by atoms with Crippen molar-refractivity contribution in [2.75, 3.05) is 12.1 Å². The second kappa shape index (κ2) is 17.4. The second-order valence-electron chi connectivity index (χ2n) is 3.33. The molecule has 27 heavy (non-hydrogen) atoms. The van der Waals surface area contributed by atoms with Crippen LogP contribution in [0, 0.1) is 0 Å². The summed E-state index contributed by atoms with van der Waals surface area (Å²) in [7, 11) is -21.5. The Balaban J connectivity index is -0.000000108. The maximum atomic E-state index is 10.5. The van der Waals surface area contributed by atoms with Crippen LogP contribution in [0.5, 0.6) is 0 Å². The molecule has 0 aromatic rings. The van der Waals surface area contributed by atoms with E-state index in [0.717, 1.165) is 0 Å². The molecular formula is C4H8Cl2Hg3O14P4. The molecule has 0 fully saturated rings. The average Bonchev–Trinajstić information content (AvgIpc) is 2.35. The fourth-order valence-electron chi connectivity index (χ4n) is 0.616. The molecule has 4 atom stereocenters. The van der Waals surface area contributed by atoms with Crippen LogP contribution in [0.25, 0.3) is 0 Å². The van der Waals surface area contributed by atoms with Gasteiger partial charge in [0.15, 0.2) is 15.2 Å². The molecule has 2 N–H and O–H groups in total. The number of aliphatic hydroxyl groups excluding tert-OH is 2. The third kappa shape index (κ3) is 18.1. The van der Waals surface area contributed by atoms with Crippen LogP contribution in [0.15, 0.2) is 0 Å². The molecule has 0 spiro atoms. The minimum absolute atomic E-state index is 0. The Bertz CT molecular complexity index is 531. The fraction of sp³-hybridized carbons (Fsp3) is 1.00. The number of aliphatic hydroxyl groups is 2. The molecule has 148 valence electrons. The summed E-state index contributed by atoms with van der Waals surface area (Å²) in [6.07, 6.45) is 0. The number of hydrogen-bond donors (Lipinski definition) is 2. The summed E-state index contributed by atoms with van der Waals surface area (Å²) in [5.41, 5.74) is -6.16. The van der Waals surface area contributed by atoms with Crippen molar-refractivity contribution in [2.24, 2.45) is 0 Å². The standard InChI is InChI=1S/2C2H7ClO7P2.3Hg/c2*3-1-10-12(8,9)2(4)11(5,6)7;;;/h2*2,4H,1H2,(H,8,9)(H2,5,6,7);;;/q;;3*+2/p-6. The van der Waals surface area contributed by atoms with Crippen molar-refractivity contribution in [3.63, 3.8) is 0 Å². The maximum Gasteiger partial charge on any atom is 2.00 e. The van der Waals surface area contributed by atoms with E-state index in [1.807, 2.05) is 0 Å². The van der Waals surface area contributed by atoms with E-state index < -0.39 is 53.7 Å². The Morgan fingerprint density at radius 3 is 0.963 bits per heavy atom. The zero-order chi connectivity index (χ0) is 20.0. The van der Waals surface area contributed by atoms with Gasteiger partial charge in [-0.3, -0.25) is 0 Å². The van der Waals surface area contributed by atoms with Crippen molar-refractivity contribution in [1.29, 1.82) is 0 Å². The van der Waals surface area contributed by atoms with Gasteiger partial charge in [-0.2, -0.15) is 0 Å². The molecule has 0 saturated carbocycles. The summed E-state index contributed by atoms with van der Waals surface area (Å²) < 4.78 is 48.2. The van der Waals surface area contributed by atoms with E-state index in [4.69, 9.17) is 33.4 Å². The summed E-state index contributed by atoms with van der Waals surface area (Å²) in [5, 5.41) is 16.8. The normalized spacial score (nSPS) is 17.9. The van der Waals surface area contributed by atoms with Gasteiger partial charge in [0.25, 0.3) is 0 Å². The van der Waals surface area contributed by atoms with E-state index >= 15 is 0 Å². The minimum Gasteiger partial charge on any atom is -0.809 e. The van der Waals surface area contributed by atoms with Gasteiger partial charge >= 0.3 is 83.0 Å². The third-order valence-corrected chi connectivity index (χ3v) is 8.75. The van der Waals surface area contributed by atoms with Crippen molar-refractivity contribution in [3.8, 4) is 0 Å². The Morgan fingerprint density at radius 1 is 0.667 bits per heavy atom. The number of hydrogen-bond acceptors (Lipinski definition) is 14. The fourth-order valence-corrected chi connectivity index (χ4v) is 5.14. The summed E-state index contributed by atoms with van der Waals surface area (Å²) in [4.78, 5) is 60.9. The zero-order valence-corrected chi connectivity index (χ0v) is 34.6. The second-order valence-corrected chi connectivity index (χ2v) is 11.4. The smallest absolute Gasteiger partial charge is 0.809 e. The molecule has 0 bridgehead atoms. The van der Waals surface area contributed by atoms with Crippen LogP contribution in [0.3, 0.4) is 0 Å². The van der Waals surface area contributed by atoms with E-state index in [2.05, 4.69) is 9.05 Å². The molecule has 0 aliphatic rings. The molecule has 0 heterocycles. The average molecular weight is 1080 g/mol. The van der Waals surface area contributed by atoms with Crippen LogP contribution in [0.4, 0.5) is 0 Å². The number of halogens is 2. The van der Waals surface area contributed by atoms with Crippen LogP contribution in [-0.4, -0.2) is 33.5 Å². The van der Waals surface area contributed by atoms with E-state index in [0.29, 0.717) is 0 Å². The number of alkyl halides is 2. The molecule has 14 nitrogen and oxygen atoms in total. The predicted octanol–water partition coefficient (Wildman–Crippen LogP) is -4.12.